The van der Waals surface area contributed by atoms with Gasteiger partial charge in [0.05, 0.1) is 30.1 Å². The number of hydrogen-bond acceptors (Lipinski definition) is 6. The summed E-state index contributed by atoms with van der Waals surface area (Å²) in [4.78, 5) is 32.2. The molecule has 0 saturated carbocycles. The monoisotopic (exact) mass is 457 g/mol. The average Bonchev–Trinajstić information content (AvgIpc) is 3.52. The van der Waals surface area contributed by atoms with Gasteiger partial charge in [0.25, 0.3) is 11.7 Å². The minimum Gasteiger partial charge on any atom is -0.507 e. The van der Waals surface area contributed by atoms with Crippen LogP contribution in [0, 0.1) is 0 Å². The first-order valence-electron chi connectivity index (χ1n) is 9.62. The molecule has 1 aromatic carbocycles. The average molecular weight is 458 g/mol. The molecule has 1 saturated heterocycles. The van der Waals surface area contributed by atoms with Crippen molar-refractivity contribution in [1.82, 2.24) is 14.5 Å². The number of likely N-dealkylation sites (tertiary alicyclic amines) is 1. The van der Waals surface area contributed by atoms with Crippen LogP contribution < -0.4 is 4.74 Å². The van der Waals surface area contributed by atoms with Gasteiger partial charge in [0.15, 0.2) is 0 Å². The van der Waals surface area contributed by atoms with E-state index < -0.39 is 17.7 Å². The molecule has 0 bridgehead atoms. The smallest absolute Gasteiger partial charge is 0.295 e. The molecule has 3 aromatic rings. The van der Waals surface area contributed by atoms with Crippen molar-refractivity contribution in [1.29, 1.82) is 0 Å². The minimum absolute atomic E-state index is 0.0660. The van der Waals surface area contributed by atoms with Crippen LogP contribution in [0.4, 0.5) is 0 Å². The van der Waals surface area contributed by atoms with E-state index in [2.05, 4.69) is 4.98 Å². The van der Waals surface area contributed by atoms with Crippen molar-refractivity contribution < 1.29 is 19.4 Å². The number of nitrogens with zero attached hydrogens (tertiary/aromatic N) is 3. The SMILES string of the molecule is COc1ccc(/C(O)=C2\C(=O)C(=O)N(CCCn3ccnc3)[C@H]2c2cccs2)cc1Cl. The van der Waals surface area contributed by atoms with Crippen molar-refractivity contribution in [3.8, 4) is 5.75 Å². The van der Waals surface area contributed by atoms with Crippen molar-refractivity contribution in [3.05, 3.63) is 75.5 Å². The molecule has 4 rings (SSSR count). The van der Waals surface area contributed by atoms with Gasteiger partial charge in [-0.2, -0.15) is 0 Å². The number of thiophene rings is 1. The molecule has 7 nitrogen and oxygen atoms in total. The van der Waals surface area contributed by atoms with E-state index in [0.29, 0.717) is 35.8 Å². The number of aromatic nitrogens is 2. The van der Waals surface area contributed by atoms with Gasteiger partial charge in [0.2, 0.25) is 0 Å². The van der Waals surface area contributed by atoms with Crippen molar-refractivity contribution >= 4 is 40.4 Å². The Hall–Kier alpha value is -3.10. The molecule has 31 heavy (non-hydrogen) atoms. The number of halogens is 1. The molecule has 0 aliphatic carbocycles. The maximum atomic E-state index is 13.0. The zero-order chi connectivity index (χ0) is 22.0. The van der Waals surface area contributed by atoms with Crippen molar-refractivity contribution in [2.45, 2.75) is 19.0 Å². The zero-order valence-corrected chi connectivity index (χ0v) is 18.3. The highest BCUT2D eigenvalue weighted by Crippen LogP contribution is 2.41. The molecule has 1 fully saturated rings. The number of imidazole rings is 1. The molecule has 160 valence electrons. The number of aryl methyl sites for hydroxylation is 1. The van der Waals surface area contributed by atoms with Crippen LogP contribution in [0.15, 0.2) is 60.0 Å². The van der Waals surface area contributed by atoms with Crippen LogP contribution in [0.25, 0.3) is 5.76 Å². The fourth-order valence-corrected chi connectivity index (χ4v) is 4.77. The summed E-state index contributed by atoms with van der Waals surface area (Å²) in [6.07, 6.45) is 5.88. The van der Waals surface area contributed by atoms with Gasteiger partial charge in [-0.25, -0.2) is 4.98 Å². The summed E-state index contributed by atoms with van der Waals surface area (Å²) in [6.45, 7) is 1.03. The Kier molecular flexibility index (Phi) is 6.11. The summed E-state index contributed by atoms with van der Waals surface area (Å²) >= 11 is 7.63. The number of amides is 1. The summed E-state index contributed by atoms with van der Waals surface area (Å²) in [5.41, 5.74) is 0.417. The lowest BCUT2D eigenvalue weighted by atomic mass is 9.99. The van der Waals surface area contributed by atoms with Gasteiger partial charge in [0.1, 0.15) is 11.5 Å². The number of hydrogen-bond donors (Lipinski definition) is 1. The van der Waals surface area contributed by atoms with Gasteiger partial charge >= 0.3 is 0 Å². The molecule has 1 atom stereocenters. The quantitative estimate of drug-likeness (QED) is 0.328. The highest BCUT2D eigenvalue weighted by atomic mass is 35.5. The number of rotatable bonds is 7. The molecule has 0 radical (unpaired) electrons. The minimum atomic E-state index is -0.703. The van der Waals surface area contributed by atoms with Gasteiger partial charge < -0.3 is 19.3 Å². The standard InChI is InChI=1S/C22H20ClN3O4S/c1-30-16-6-5-14(12-15(16)23)20(27)18-19(17-4-2-11-31-17)26(22(29)21(18)28)9-3-8-25-10-7-24-13-25/h2,4-7,10-13,19,27H,3,8-9H2,1H3/b20-18+/t19-/m0/s1. The first-order valence-corrected chi connectivity index (χ1v) is 10.9. The normalized spacial score (nSPS) is 18.0. The predicted molar refractivity (Wildman–Crippen MR) is 118 cm³/mol. The largest absolute Gasteiger partial charge is 0.507 e. The van der Waals surface area contributed by atoms with Gasteiger partial charge in [-0.15, -0.1) is 11.3 Å². The third-order valence-corrected chi connectivity index (χ3v) is 6.37. The lowest BCUT2D eigenvalue weighted by Gasteiger charge is -2.24. The second-order valence-electron chi connectivity index (χ2n) is 7.01. The van der Waals surface area contributed by atoms with E-state index in [9.17, 15) is 14.7 Å². The second kappa shape index (κ2) is 8.95. The van der Waals surface area contributed by atoms with Crippen LogP contribution in [0.1, 0.15) is 22.9 Å². The number of aliphatic hydroxyl groups excluding tert-OH is 1. The Morgan fingerprint density at radius 2 is 2.13 bits per heavy atom. The van der Waals surface area contributed by atoms with E-state index in [1.165, 1.54) is 29.4 Å². The molecular formula is C22H20ClN3O4S. The summed E-state index contributed by atoms with van der Waals surface area (Å²) < 4.78 is 7.06. The Balaban J connectivity index is 1.70. The van der Waals surface area contributed by atoms with Crippen LogP contribution in [0.3, 0.4) is 0 Å². The van der Waals surface area contributed by atoms with Gasteiger partial charge in [-0.05, 0) is 36.1 Å². The molecule has 1 amide bonds. The molecule has 9 heteroatoms. The molecule has 0 unspecified atom stereocenters. The lowest BCUT2D eigenvalue weighted by molar-refractivity contribution is -0.139. The number of carbonyl (C=O) groups excluding carboxylic acids is 2. The Morgan fingerprint density at radius 3 is 2.77 bits per heavy atom. The van der Waals surface area contributed by atoms with Gasteiger partial charge in [-0.3, -0.25) is 9.59 Å². The van der Waals surface area contributed by atoms with Crippen LogP contribution in [-0.4, -0.2) is 44.9 Å². The highest BCUT2D eigenvalue weighted by molar-refractivity contribution is 7.10. The fraction of sp³-hybridized carbons (Fsp3) is 0.227. The molecule has 3 heterocycles. The van der Waals surface area contributed by atoms with Crippen LogP contribution in [-0.2, 0) is 16.1 Å². The summed E-state index contributed by atoms with van der Waals surface area (Å²) in [5, 5.41) is 13.2. The number of ketones is 1. The molecule has 1 N–H and O–H groups in total. The third-order valence-electron chi connectivity index (χ3n) is 5.15. The molecular weight excluding hydrogens is 438 g/mol. The van der Waals surface area contributed by atoms with E-state index in [4.69, 9.17) is 16.3 Å². The van der Waals surface area contributed by atoms with E-state index in [0.717, 1.165) is 4.88 Å². The summed E-state index contributed by atoms with van der Waals surface area (Å²) in [5.74, 6) is -1.12. The van der Waals surface area contributed by atoms with Crippen molar-refractivity contribution in [2.24, 2.45) is 0 Å². The molecule has 0 spiro atoms. The van der Waals surface area contributed by atoms with Gasteiger partial charge in [-0.1, -0.05) is 17.7 Å². The Labute approximate surface area is 188 Å². The van der Waals surface area contributed by atoms with E-state index >= 15 is 0 Å². The molecule has 1 aliphatic rings. The first-order chi connectivity index (χ1) is 15.0. The van der Waals surface area contributed by atoms with E-state index in [-0.39, 0.29) is 11.3 Å². The maximum Gasteiger partial charge on any atom is 0.295 e. The highest BCUT2D eigenvalue weighted by Gasteiger charge is 2.46. The molecule has 1 aliphatic heterocycles. The first kappa shape index (κ1) is 21.1. The van der Waals surface area contributed by atoms with Crippen LogP contribution in [0.2, 0.25) is 5.02 Å². The summed E-state index contributed by atoms with van der Waals surface area (Å²) in [7, 11) is 1.49. The number of methoxy groups -OCH3 is 1. The van der Waals surface area contributed by atoms with Crippen LogP contribution >= 0.6 is 22.9 Å². The van der Waals surface area contributed by atoms with E-state index in [1.54, 1.807) is 24.7 Å². The van der Waals surface area contributed by atoms with Crippen molar-refractivity contribution in [2.75, 3.05) is 13.7 Å². The summed E-state index contributed by atoms with van der Waals surface area (Å²) in [6, 6.07) is 7.81. The topological polar surface area (TPSA) is 84.7 Å². The lowest BCUT2D eigenvalue weighted by Crippen LogP contribution is -2.31. The van der Waals surface area contributed by atoms with E-state index in [1.807, 2.05) is 28.3 Å². The third kappa shape index (κ3) is 4.08. The number of carbonyl (C=O) groups is 2. The number of benzene rings is 1. The predicted octanol–water partition coefficient (Wildman–Crippen LogP) is 4.12. The van der Waals surface area contributed by atoms with Crippen LogP contribution in [0.5, 0.6) is 5.75 Å². The maximum absolute atomic E-state index is 13.0. The van der Waals surface area contributed by atoms with Crippen molar-refractivity contribution in [3.63, 3.8) is 0 Å². The fourth-order valence-electron chi connectivity index (χ4n) is 3.67. The number of ether oxygens (including phenoxy) is 1. The number of aliphatic hydroxyl groups is 1. The Bertz CT molecular complexity index is 1130. The van der Waals surface area contributed by atoms with Gasteiger partial charge in [0, 0.05) is 35.9 Å². The Morgan fingerprint density at radius 1 is 1.29 bits per heavy atom. The zero-order valence-electron chi connectivity index (χ0n) is 16.7. The molecule has 2 aromatic heterocycles. The number of Topliss-reactive ketones (excluding diaryl/α,β-unsaturated/α-hetero) is 1. The second-order valence-corrected chi connectivity index (χ2v) is 8.40.